The first kappa shape index (κ1) is 41.4. The highest BCUT2D eigenvalue weighted by Gasteiger charge is 2.50. The maximum atomic E-state index is 12.3. The third-order valence-corrected chi connectivity index (χ3v) is 8.93. The lowest BCUT2D eigenvalue weighted by Gasteiger charge is -2.32. The number of hydrogen-bond donors (Lipinski definition) is 3. The van der Waals surface area contributed by atoms with Gasteiger partial charge in [0.25, 0.3) is 0 Å². The molecular weight excluding hydrogens is 612 g/mol. The number of esters is 2. The Morgan fingerprint density at radius 3 is 2.46 bits per heavy atom. The van der Waals surface area contributed by atoms with Crippen LogP contribution in [-0.4, -0.2) is 83.2 Å². The highest BCUT2D eigenvalue weighted by molar-refractivity contribution is 5.73. The number of rotatable bonds is 12. The standard InChI is InChI=1S/C21H28O6.C18H32O3/c1-15-8-9-18(27-20(24)12-16-6-4-3-5-7-16)21(2,25)11-10-17(22)13-19(23)26-14-15;1-7-15(20-6)14(5)17-18(21-17)16(19)13(4)11-9-8-10-12(2)3/h3-9,15,17-18,22,25H,10-14H2,1-2H3;8-10,13-19H,7,11H2,1-6H3/b2*9-8+. The second-order valence-corrected chi connectivity index (χ2v) is 13.9. The molecule has 10 unspecified atom stereocenters. The van der Waals surface area contributed by atoms with Crippen molar-refractivity contribution in [3.63, 3.8) is 0 Å². The van der Waals surface area contributed by atoms with Crippen molar-refractivity contribution in [3.05, 3.63) is 71.8 Å². The van der Waals surface area contributed by atoms with Gasteiger partial charge < -0.3 is 34.3 Å². The molecule has 1 fully saturated rings. The van der Waals surface area contributed by atoms with Crippen molar-refractivity contribution >= 4 is 11.9 Å². The monoisotopic (exact) mass is 672 g/mol. The van der Waals surface area contributed by atoms with E-state index in [-0.39, 0.29) is 62.4 Å². The molecular formula is C39H60O9. The molecule has 1 aromatic rings. The van der Waals surface area contributed by atoms with E-state index in [1.165, 1.54) is 5.57 Å². The Morgan fingerprint density at radius 2 is 1.83 bits per heavy atom. The molecule has 10 atom stereocenters. The van der Waals surface area contributed by atoms with Crippen LogP contribution in [0.1, 0.15) is 86.1 Å². The Bertz CT molecular complexity index is 1180. The first-order chi connectivity index (χ1) is 22.7. The highest BCUT2D eigenvalue weighted by atomic mass is 16.6. The minimum absolute atomic E-state index is 0.0314. The number of aliphatic hydroxyl groups is 3. The van der Waals surface area contributed by atoms with Crippen molar-refractivity contribution < 1.29 is 43.9 Å². The molecule has 3 rings (SSSR count). The second kappa shape index (κ2) is 20.6. The Kier molecular flexibility index (Phi) is 17.8. The van der Waals surface area contributed by atoms with E-state index in [9.17, 15) is 24.9 Å². The van der Waals surface area contributed by atoms with Crippen LogP contribution in [0.3, 0.4) is 0 Å². The van der Waals surface area contributed by atoms with Crippen LogP contribution in [-0.2, 0) is 35.0 Å². The predicted octanol–water partition coefficient (Wildman–Crippen LogP) is 5.90. The molecule has 0 aromatic heterocycles. The topological polar surface area (TPSA) is 135 Å². The maximum absolute atomic E-state index is 12.3. The molecule has 1 aromatic carbocycles. The Hall–Kier alpha value is -2.82. The van der Waals surface area contributed by atoms with Gasteiger partial charge in [-0.2, -0.15) is 0 Å². The zero-order valence-electron chi connectivity index (χ0n) is 30.2. The van der Waals surface area contributed by atoms with E-state index in [0.717, 1.165) is 18.4 Å². The van der Waals surface area contributed by atoms with Crippen molar-refractivity contribution in [2.75, 3.05) is 13.7 Å². The van der Waals surface area contributed by atoms with Crippen LogP contribution in [0.4, 0.5) is 0 Å². The van der Waals surface area contributed by atoms with Crippen LogP contribution in [0.15, 0.2) is 66.3 Å². The summed E-state index contributed by atoms with van der Waals surface area (Å²) in [6.45, 7) is 14.1. The van der Waals surface area contributed by atoms with Gasteiger partial charge in [0.2, 0.25) is 0 Å². The van der Waals surface area contributed by atoms with Gasteiger partial charge in [0.15, 0.2) is 0 Å². The summed E-state index contributed by atoms with van der Waals surface area (Å²) >= 11 is 0. The molecule has 0 bridgehead atoms. The molecule has 1 saturated heterocycles. The zero-order valence-corrected chi connectivity index (χ0v) is 30.2. The van der Waals surface area contributed by atoms with E-state index >= 15 is 0 Å². The second-order valence-electron chi connectivity index (χ2n) is 13.9. The van der Waals surface area contributed by atoms with E-state index in [2.05, 4.69) is 52.8 Å². The van der Waals surface area contributed by atoms with Gasteiger partial charge in [-0.3, -0.25) is 9.59 Å². The average molecular weight is 673 g/mol. The van der Waals surface area contributed by atoms with Gasteiger partial charge in [-0.15, -0.1) is 0 Å². The van der Waals surface area contributed by atoms with E-state index in [4.69, 9.17) is 18.9 Å². The summed E-state index contributed by atoms with van der Waals surface area (Å²) in [5.41, 5.74) is 0.742. The zero-order chi connectivity index (χ0) is 35.9. The lowest BCUT2D eigenvalue weighted by atomic mass is 9.90. The largest absolute Gasteiger partial charge is 0.465 e. The Labute approximate surface area is 288 Å². The normalized spacial score (nSPS) is 29.4. The van der Waals surface area contributed by atoms with E-state index < -0.39 is 35.9 Å². The number of cyclic esters (lactones) is 1. The minimum atomic E-state index is -1.37. The van der Waals surface area contributed by atoms with Gasteiger partial charge >= 0.3 is 11.9 Å². The van der Waals surface area contributed by atoms with Crippen LogP contribution >= 0.6 is 0 Å². The molecule has 0 aliphatic carbocycles. The molecule has 48 heavy (non-hydrogen) atoms. The lowest BCUT2D eigenvalue weighted by Crippen LogP contribution is -2.42. The first-order valence-corrected chi connectivity index (χ1v) is 17.3. The van der Waals surface area contributed by atoms with Crippen LogP contribution in [0, 0.1) is 17.8 Å². The molecule has 0 radical (unpaired) electrons. The SMILES string of the molecule is CC1/C=C/C(OC(=O)Cc2ccccc2)C(C)(O)CCC(O)CC(=O)OC1.CCC(OC)C(C)C1OC1C(O)C(C)C/C=C/C=C(C)C. The summed E-state index contributed by atoms with van der Waals surface area (Å²) in [6, 6.07) is 9.23. The molecule has 0 spiro atoms. The van der Waals surface area contributed by atoms with E-state index in [0.29, 0.717) is 5.92 Å². The van der Waals surface area contributed by atoms with Crippen molar-refractivity contribution in [1.29, 1.82) is 0 Å². The summed E-state index contributed by atoms with van der Waals surface area (Å²) in [5, 5.41) is 31.2. The van der Waals surface area contributed by atoms with Gasteiger partial charge in [-0.05, 0) is 64.0 Å². The smallest absolute Gasteiger partial charge is 0.310 e. The van der Waals surface area contributed by atoms with Crippen molar-refractivity contribution in [2.24, 2.45) is 17.8 Å². The first-order valence-electron chi connectivity index (χ1n) is 17.3. The molecule has 2 aliphatic rings. The van der Waals surface area contributed by atoms with Gasteiger partial charge in [0, 0.05) is 18.9 Å². The summed E-state index contributed by atoms with van der Waals surface area (Å²) in [4.78, 5) is 24.0. The molecule has 3 N–H and O–H groups in total. The van der Waals surface area contributed by atoms with E-state index in [1.807, 2.05) is 37.3 Å². The van der Waals surface area contributed by atoms with Gasteiger partial charge in [0.05, 0.1) is 43.9 Å². The number of benzene rings is 1. The van der Waals surface area contributed by atoms with E-state index in [1.54, 1.807) is 26.2 Å². The Balaban J connectivity index is 0.000000345. The van der Waals surface area contributed by atoms with Crippen molar-refractivity contribution in [2.45, 2.75) is 129 Å². The highest BCUT2D eigenvalue weighted by Crippen LogP contribution is 2.37. The number of carbonyl (C=O) groups excluding carboxylic acids is 2. The summed E-state index contributed by atoms with van der Waals surface area (Å²) in [6.07, 6.45) is 9.99. The third-order valence-electron chi connectivity index (χ3n) is 8.93. The third kappa shape index (κ3) is 14.7. The number of ether oxygens (including phenoxy) is 4. The number of allylic oxidation sites excluding steroid dienone is 4. The van der Waals surface area contributed by atoms with Crippen LogP contribution in [0.2, 0.25) is 0 Å². The molecule has 9 nitrogen and oxygen atoms in total. The number of methoxy groups -OCH3 is 1. The van der Waals surface area contributed by atoms with Crippen molar-refractivity contribution in [3.8, 4) is 0 Å². The van der Waals surface area contributed by atoms with Crippen molar-refractivity contribution in [1.82, 2.24) is 0 Å². The molecule has 0 saturated carbocycles. The molecule has 2 heterocycles. The quantitative estimate of drug-likeness (QED) is 0.107. The van der Waals surface area contributed by atoms with Gasteiger partial charge in [-0.1, -0.05) is 87.9 Å². The van der Waals surface area contributed by atoms with Gasteiger partial charge in [-0.25, -0.2) is 0 Å². The fraction of sp³-hybridized carbons (Fsp3) is 0.641. The van der Waals surface area contributed by atoms with Crippen LogP contribution in [0.25, 0.3) is 0 Å². The minimum Gasteiger partial charge on any atom is -0.465 e. The fourth-order valence-electron chi connectivity index (χ4n) is 5.66. The summed E-state index contributed by atoms with van der Waals surface area (Å²) in [7, 11) is 1.75. The fourth-order valence-corrected chi connectivity index (χ4v) is 5.66. The number of carbonyl (C=O) groups is 2. The Morgan fingerprint density at radius 1 is 1.15 bits per heavy atom. The van der Waals surface area contributed by atoms with Gasteiger partial charge in [0.1, 0.15) is 17.8 Å². The number of epoxide rings is 1. The average Bonchev–Trinajstić information content (AvgIpc) is 3.84. The van der Waals surface area contributed by atoms with Crippen LogP contribution < -0.4 is 0 Å². The summed E-state index contributed by atoms with van der Waals surface area (Å²) in [5.74, 6) is -0.488. The summed E-state index contributed by atoms with van der Waals surface area (Å²) < 4.78 is 21.9. The van der Waals surface area contributed by atoms with Crippen LogP contribution in [0.5, 0.6) is 0 Å². The lowest BCUT2D eigenvalue weighted by molar-refractivity contribution is -0.158. The maximum Gasteiger partial charge on any atom is 0.310 e. The molecule has 2 aliphatic heterocycles. The number of aliphatic hydroxyl groups excluding tert-OH is 2. The molecule has 9 heteroatoms. The molecule has 270 valence electrons. The molecule has 0 amide bonds. The number of hydrogen-bond acceptors (Lipinski definition) is 9. The predicted molar refractivity (Wildman–Crippen MR) is 187 cm³/mol.